The number of rotatable bonds is 3. The third kappa shape index (κ3) is 2.82. The van der Waals surface area contributed by atoms with Gasteiger partial charge in [-0.3, -0.25) is 4.79 Å². The number of ketones is 1. The minimum absolute atomic E-state index is 0.107. The fourth-order valence-electron chi connectivity index (χ4n) is 1.14. The number of aliphatic carboxylic acids is 1. The van der Waals surface area contributed by atoms with Crippen LogP contribution >= 0.6 is 11.6 Å². The molecule has 0 saturated heterocycles. The van der Waals surface area contributed by atoms with Crippen molar-refractivity contribution in [1.29, 1.82) is 0 Å². The number of benzene rings is 1. The van der Waals surface area contributed by atoms with Gasteiger partial charge in [0.2, 0.25) is 5.76 Å². The van der Waals surface area contributed by atoms with E-state index in [0.717, 1.165) is 6.07 Å². The molecule has 0 spiro atoms. The number of aryl methyl sites for hydroxylation is 1. The molecule has 0 aromatic heterocycles. The maximum Gasteiger partial charge on any atom is 0.371 e. The topological polar surface area (TPSA) is 74.6 Å². The summed E-state index contributed by atoms with van der Waals surface area (Å²) in [5.74, 6) is -4.73. The van der Waals surface area contributed by atoms with Gasteiger partial charge in [0.1, 0.15) is 5.82 Å². The number of aliphatic hydroxyl groups is 1. The van der Waals surface area contributed by atoms with Gasteiger partial charge in [-0.1, -0.05) is 17.7 Å². The Kier molecular flexibility index (Phi) is 3.85. The van der Waals surface area contributed by atoms with E-state index in [9.17, 15) is 14.0 Å². The largest absolute Gasteiger partial charge is 0.502 e. The van der Waals surface area contributed by atoms with Crippen LogP contribution in [0.25, 0.3) is 0 Å². The van der Waals surface area contributed by atoms with E-state index in [-0.39, 0.29) is 5.02 Å². The first-order chi connectivity index (χ1) is 7.84. The van der Waals surface area contributed by atoms with E-state index in [1.165, 1.54) is 6.07 Å². The van der Waals surface area contributed by atoms with Crippen LogP contribution in [0.5, 0.6) is 0 Å². The number of hydrogen-bond donors (Lipinski definition) is 2. The Morgan fingerprint density at radius 3 is 2.47 bits per heavy atom. The molecule has 1 aromatic carbocycles. The number of aliphatic hydroxyl groups excluding tert-OH is 1. The lowest BCUT2D eigenvalue weighted by atomic mass is 10.1. The summed E-state index contributed by atoms with van der Waals surface area (Å²) in [6.45, 7) is 1.57. The number of allylic oxidation sites excluding steroid dienone is 1. The van der Waals surface area contributed by atoms with E-state index in [1.807, 2.05) is 0 Å². The highest BCUT2D eigenvalue weighted by Crippen LogP contribution is 2.24. The van der Waals surface area contributed by atoms with Crippen molar-refractivity contribution in [3.63, 3.8) is 0 Å². The second-order valence-corrected chi connectivity index (χ2v) is 3.63. The van der Waals surface area contributed by atoms with Crippen LogP contribution in [0.1, 0.15) is 15.9 Å². The average molecular weight is 259 g/mol. The number of hydrogen-bond acceptors (Lipinski definition) is 3. The molecule has 0 bridgehead atoms. The molecule has 1 rings (SSSR count). The minimum atomic E-state index is -1.68. The summed E-state index contributed by atoms with van der Waals surface area (Å²) in [5.41, 5.74) is 0.0131. The highest BCUT2D eigenvalue weighted by Gasteiger charge is 2.18. The summed E-state index contributed by atoms with van der Waals surface area (Å²) in [6.07, 6.45) is 0.409. The molecule has 1 aromatic rings. The number of halogens is 2. The Hall–Kier alpha value is -1.88. The van der Waals surface area contributed by atoms with Gasteiger partial charge >= 0.3 is 5.97 Å². The smallest absolute Gasteiger partial charge is 0.371 e. The van der Waals surface area contributed by atoms with Gasteiger partial charge in [-0.25, -0.2) is 9.18 Å². The monoisotopic (exact) mass is 258 g/mol. The molecule has 0 aliphatic carbocycles. The van der Waals surface area contributed by atoms with Gasteiger partial charge in [0.25, 0.3) is 0 Å². The average Bonchev–Trinajstić information content (AvgIpc) is 2.24. The molecule has 0 amide bonds. The molecule has 0 atom stereocenters. The maximum atomic E-state index is 13.4. The molecule has 17 heavy (non-hydrogen) atoms. The zero-order chi connectivity index (χ0) is 13.2. The molecule has 0 saturated carbocycles. The molecule has 90 valence electrons. The first-order valence-electron chi connectivity index (χ1n) is 4.47. The molecule has 0 heterocycles. The Bertz CT molecular complexity index is 522. The van der Waals surface area contributed by atoms with Gasteiger partial charge in [0.15, 0.2) is 5.78 Å². The third-order valence-corrected chi connectivity index (χ3v) is 2.50. The Balaban J connectivity index is 3.27. The minimum Gasteiger partial charge on any atom is -0.502 e. The van der Waals surface area contributed by atoms with Crippen LogP contribution in [-0.4, -0.2) is 22.0 Å². The lowest BCUT2D eigenvalue weighted by Crippen LogP contribution is -2.06. The van der Waals surface area contributed by atoms with Gasteiger partial charge in [0, 0.05) is 6.08 Å². The van der Waals surface area contributed by atoms with Crippen molar-refractivity contribution in [2.24, 2.45) is 0 Å². The maximum absolute atomic E-state index is 13.4. The first-order valence-corrected chi connectivity index (χ1v) is 4.85. The molecular formula is C11H8ClFO4. The van der Waals surface area contributed by atoms with Gasteiger partial charge in [-0.2, -0.15) is 0 Å². The van der Waals surface area contributed by atoms with Crippen molar-refractivity contribution in [1.82, 2.24) is 0 Å². The first kappa shape index (κ1) is 13.2. The third-order valence-electron chi connectivity index (χ3n) is 2.02. The zero-order valence-corrected chi connectivity index (χ0v) is 9.45. The predicted molar refractivity (Wildman–Crippen MR) is 58.8 cm³/mol. The van der Waals surface area contributed by atoms with Crippen LogP contribution in [0.2, 0.25) is 5.02 Å². The fraction of sp³-hybridized carbons (Fsp3) is 0.0909. The highest BCUT2D eigenvalue weighted by molar-refractivity contribution is 6.35. The van der Waals surface area contributed by atoms with Gasteiger partial charge < -0.3 is 10.2 Å². The van der Waals surface area contributed by atoms with Crippen molar-refractivity contribution in [2.45, 2.75) is 6.92 Å². The van der Waals surface area contributed by atoms with Crippen molar-refractivity contribution in [2.75, 3.05) is 0 Å². The second-order valence-electron chi connectivity index (χ2n) is 3.25. The Labute approximate surface area is 101 Å². The van der Waals surface area contributed by atoms with Crippen molar-refractivity contribution < 1.29 is 24.2 Å². The van der Waals surface area contributed by atoms with E-state index in [0.29, 0.717) is 11.6 Å². The lowest BCUT2D eigenvalue weighted by Gasteiger charge is -2.05. The van der Waals surface area contributed by atoms with Crippen LogP contribution in [0.15, 0.2) is 24.0 Å². The van der Waals surface area contributed by atoms with Crippen LogP contribution in [0.3, 0.4) is 0 Å². The Morgan fingerprint density at radius 1 is 1.35 bits per heavy atom. The summed E-state index contributed by atoms with van der Waals surface area (Å²) < 4.78 is 13.4. The molecule has 0 fully saturated rings. The molecular weight excluding hydrogens is 251 g/mol. The summed E-state index contributed by atoms with van der Waals surface area (Å²) in [7, 11) is 0. The number of carboxylic acids is 1. The fourth-order valence-corrected chi connectivity index (χ4v) is 1.39. The summed E-state index contributed by atoms with van der Waals surface area (Å²) in [4.78, 5) is 21.8. The van der Waals surface area contributed by atoms with Crippen molar-refractivity contribution in [3.8, 4) is 0 Å². The van der Waals surface area contributed by atoms with E-state index in [1.54, 1.807) is 6.92 Å². The normalized spacial score (nSPS) is 11.4. The number of carboxylic acid groups (broad SMARTS) is 1. The Morgan fingerprint density at radius 2 is 1.94 bits per heavy atom. The molecule has 4 nitrogen and oxygen atoms in total. The number of carbonyl (C=O) groups is 2. The van der Waals surface area contributed by atoms with Crippen LogP contribution < -0.4 is 0 Å². The zero-order valence-electron chi connectivity index (χ0n) is 8.70. The number of carbonyl (C=O) groups excluding carboxylic acids is 1. The molecule has 6 heteroatoms. The molecule has 0 aliphatic heterocycles. The molecule has 0 unspecified atom stereocenters. The quantitative estimate of drug-likeness (QED) is 0.496. The van der Waals surface area contributed by atoms with Crippen LogP contribution in [0, 0.1) is 12.7 Å². The van der Waals surface area contributed by atoms with Crippen molar-refractivity contribution >= 4 is 23.4 Å². The summed E-state index contributed by atoms with van der Waals surface area (Å²) >= 11 is 5.74. The van der Waals surface area contributed by atoms with E-state index >= 15 is 0 Å². The molecule has 0 radical (unpaired) electrons. The lowest BCUT2D eigenvalue weighted by molar-refractivity contribution is -0.135. The predicted octanol–water partition coefficient (Wildman–Crippen LogP) is 2.50. The van der Waals surface area contributed by atoms with Crippen LogP contribution in [0.4, 0.5) is 4.39 Å². The van der Waals surface area contributed by atoms with Crippen LogP contribution in [-0.2, 0) is 4.79 Å². The van der Waals surface area contributed by atoms with E-state index in [2.05, 4.69) is 0 Å². The summed E-state index contributed by atoms with van der Waals surface area (Å²) in [6, 6.07) is 2.43. The molecule has 0 aliphatic rings. The highest BCUT2D eigenvalue weighted by atomic mass is 35.5. The standard InChI is InChI=1S/C11H8ClFO4/c1-5-2-3-6(13)9(10(5)12)7(14)4-8(15)11(16)17/h2-4,15H,1H3,(H,16,17). The summed E-state index contributed by atoms with van der Waals surface area (Å²) in [5, 5.41) is 17.2. The SMILES string of the molecule is Cc1ccc(F)c(C(=O)C=C(O)C(=O)O)c1Cl. The van der Waals surface area contributed by atoms with Gasteiger partial charge in [-0.05, 0) is 18.6 Å². The van der Waals surface area contributed by atoms with Gasteiger partial charge in [0.05, 0.1) is 10.6 Å². The van der Waals surface area contributed by atoms with E-state index < -0.39 is 28.9 Å². The molecule has 2 N–H and O–H groups in total. The second kappa shape index (κ2) is 4.97. The van der Waals surface area contributed by atoms with Crippen molar-refractivity contribution in [3.05, 3.63) is 45.9 Å². The van der Waals surface area contributed by atoms with E-state index in [4.69, 9.17) is 21.8 Å². The van der Waals surface area contributed by atoms with Gasteiger partial charge in [-0.15, -0.1) is 0 Å².